The van der Waals surface area contributed by atoms with Crippen LogP contribution in [0.5, 0.6) is 0 Å². The minimum absolute atomic E-state index is 0.237. The van der Waals surface area contributed by atoms with Crippen molar-refractivity contribution in [2.75, 3.05) is 26.2 Å². The average Bonchev–Trinajstić information content (AvgIpc) is 2.71. The molecule has 4 nitrogen and oxygen atoms in total. The quantitative estimate of drug-likeness (QED) is 0.931. The number of rotatable bonds is 3. The normalized spacial score (nSPS) is 18.4. The second-order valence-electron chi connectivity index (χ2n) is 6.43. The average molecular weight is 296 g/mol. The standard InChI is InChI=1S/C15H24N2O2S/c1-11-12(9-13(20-11)14(18)19)10-16-5-7-17(8-6-16)15(2,3)4/h9H,5-8,10H2,1-4H3,(H,18,19). The maximum absolute atomic E-state index is 11.0. The number of carboxylic acids is 1. The van der Waals surface area contributed by atoms with Crippen LogP contribution in [-0.4, -0.2) is 52.6 Å². The van der Waals surface area contributed by atoms with Crippen LogP contribution in [0.1, 0.15) is 40.9 Å². The Morgan fingerprint density at radius 3 is 2.35 bits per heavy atom. The van der Waals surface area contributed by atoms with Crippen molar-refractivity contribution in [1.82, 2.24) is 9.80 Å². The van der Waals surface area contributed by atoms with Crippen molar-refractivity contribution in [3.63, 3.8) is 0 Å². The third kappa shape index (κ3) is 3.59. The first kappa shape index (κ1) is 15.5. The molecule has 0 aliphatic carbocycles. The molecule has 1 aromatic heterocycles. The molecule has 2 heterocycles. The Balaban J connectivity index is 1.94. The van der Waals surface area contributed by atoms with Crippen LogP contribution in [-0.2, 0) is 6.54 Å². The highest BCUT2D eigenvalue weighted by Crippen LogP contribution is 2.24. The van der Waals surface area contributed by atoms with Crippen LogP contribution in [0.2, 0.25) is 0 Å². The number of nitrogens with zero attached hydrogens (tertiary/aromatic N) is 2. The molecule has 1 saturated heterocycles. The summed E-state index contributed by atoms with van der Waals surface area (Å²) in [5.41, 5.74) is 1.40. The van der Waals surface area contributed by atoms with E-state index in [1.807, 2.05) is 13.0 Å². The SMILES string of the molecule is Cc1sc(C(=O)O)cc1CN1CCN(C(C)(C)C)CC1. The minimum Gasteiger partial charge on any atom is -0.477 e. The van der Waals surface area contributed by atoms with Gasteiger partial charge < -0.3 is 5.11 Å². The topological polar surface area (TPSA) is 43.8 Å². The molecule has 5 heteroatoms. The van der Waals surface area contributed by atoms with E-state index in [1.165, 1.54) is 11.3 Å². The minimum atomic E-state index is -0.818. The summed E-state index contributed by atoms with van der Waals surface area (Å²) in [5, 5.41) is 9.04. The van der Waals surface area contributed by atoms with Gasteiger partial charge in [0.2, 0.25) is 0 Å². The molecule has 0 saturated carbocycles. The third-order valence-electron chi connectivity index (χ3n) is 3.95. The molecule has 1 aromatic rings. The Labute approximate surface area is 125 Å². The summed E-state index contributed by atoms with van der Waals surface area (Å²) < 4.78 is 0. The van der Waals surface area contributed by atoms with Crippen molar-refractivity contribution in [2.24, 2.45) is 0 Å². The Kier molecular flexibility index (Phi) is 4.52. The molecule has 1 aliphatic heterocycles. The Bertz CT molecular complexity index is 483. The van der Waals surface area contributed by atoms with E-state index < -0.39 is 5.97 Å². The van der Waals surface area contributed by atoms with Crippen molar-refractivity contribution < 1.29 is 9.90 Å². The fourth-order valence-corrected chi connectivity index (χ4v) is 3.47. The number of aromatic carboxylic acids is 1. The summed E-state index contributed by atoms with van der Waals surface area (Å²) in [6, 6.07) is 1.83. The molecule has 1 aliphatic rings. The van der Waals surface area contributed by atoms with Gasteiger partial charge in [0.05, 0.1) is 0 Å². The number of piperazine rings is 1. The number of thiophene rings is 1. The van der Waals surface area contributed by atoms with Crippen LogP contribution in [0.3, 0.4) is 0 Å². The summed E-state index contributed by atoms with van der Waals surface area (Å²) in [7, 11) is 0. The van der Waals surface area contributed by atoms with Gasteiger partial charge in [0, 0.05) is 43.1 Å². The molecular formula is C15H24N2O2S. The molecule has 1 N–H and O–H groups in total. The largest absolute Gasteiger partial charge is 0.477 e. The molecule has 0 atom stereocenters. The molecule has 0 aromatic carbocycles. The Morgan fingerprint density at radius 2 is 1.90 bits per heavy atom. The van der Waals surface area contributed by atoms with E-state index in [2.05, 4.69) is 30.6 Å². The van der Waals surface area contributed by atoms with E-state index in [0.29, 0.717) is 4.88 Å². The lowest BCUT2D eigenvalue weighted by Gasteiger charge is -2.42. The fraction of sp³-hybridized carbons (Fsp3) is 0.667. The zero-order valence-corrected chi connectivity index (χ0v) is 13.6. The summed E-state index contributed by atoms with van der Waals surface area (Å²) in [4.78, 5) is 17.5. The highest BCUT2D eigenvalue weighted by atomic mass is 32.1. The molecule has 2 rings (SSSR count). The Hall–Kier alpha value is -0.910. The zero-order chi connectivity index (χ0) is 14.9. The zero-order valence-electron chi connectivity index (χ0n) is 12.8. The van der Waals surface area contributed by atoms with Crippen LogP contribution in [0.15, 0.2) is 6.07 Å². The second-order valence-corrected chi connectivity index (χ2v) is 7.69. The molecule has 20 heavy (non-hydrogen) atoms. The van der Waals surface area contributed by atoms with E-state index >= 15 is 0 Å². The molecule has 0 unspecified atom stereocenters. The first-order chi connectivity index (χ1) is 9.27. The Morgan fingerprint density at radius 1 is 1.30 bits per heavy atom. The molecule has 0 bridgehead atoms. The van der Waals surface area contributed by atoms with Gasteiger partial charge in [-0.25, -0.2) is 4.79 Å². The predicted octanol–water partition coefficient (Wildman–Crippen LogP) is 2.67. The summed E-state index contributed by atoms with van der Waals surface area (Å²) in [5.74, 6) is -0.818. The maximum Gasteiger partial charge on any atom is 0.345 e. The lowest BCUT2D eigenvalue weighted by molar-refractivity contribution is 0.0590. The fourth-order valence-electron chi connectivity index (χ4n) is 2.60. The van der Waals surface area contributed by atoms with Gasteiger partial charge in [-0.15, -0.1) is 11.3 Å². The van der Waals surface area contributed by atoms with Crippen LogP contribution in [0.4, 0.5) is 0 Å². The van der Waals surface area contributed by atoms with Crippen LogP contribution >= 0.6 is 11.3 Å². The lowest BCUT2D eigenvalue weighted by Crippen LogP contribution is -2.53. The van der Waals surface area contributed by atoms with Crippen LogP contribution < -0.4 is 0 Å². The highest BCUT2D eigenvalue weighted by molar-refractivity contribution is 7.14. The summed E-state index contributed by atoms with van der Waals surface area (Å²) >= 11 is 1.38. The molecular weight excluding hydrogens is 272 g/mol. The number of hydrogen-bond acceptors (Lipinski definition) is 4. The maximum atomic E-state index is 11.0. The van der Waals surface area contributed by atoms with Gasteiger partial charge >= 0.3 is 5.97 Å². The summed E-state index contributed by atoms with van der Waals surface area (Å²) in [6.07, 6.45) is 0. The van der Waals surface area contributed by atoms with E-state index in [1.54, 1.807) is 0 Å². The van der Waals surface area contributed by atoms with E-state index in [4.69, 9.17) is 5.11 Å². The van der Waals surface area contributed by atoms with Crippen molar-refractivity contribution in [1.29, 1.82) is 0 Å². The monoisotopic (exact) mass is 296 g/mol. The van der Waals surface area contributed by atoms with Crippen LogP contribution in [0, 0.1) is 6.92 Å². The van der Waals surface area contributed by atoms with Gasteiger partial charge in [-0.3, -0.25) is 9.80 Å². The molecule has 1 fully saturated rings. The van der Waals surface area contributed by atoms with Gasteiger partial charge in [0.15, 0.2) is 0 Å². The van der Waals surface area contributed by atoms with Crippen molar-refractivity contribution in [3.8, 4) is 0 Å². The molecule has 112 valence electrons. The second kappa shape index (κ2) is 5.84. The summed E-state index contributed by atoms with van der Waals surface area (Å²) in [6.45, 7) is 13.9. The van der Waals surface area contributed by atoms with E-state index in [-0.39, 0.29) is 5.54 Å². The van der Waals surface area contributed by atoms with Crippen molar-refractivity contribution in [2.45, 2.75) is 39.8 Å². The number of aryl methyl sites for hydroxylation is 1. The van der Waals surface area contributed by atoms with Gasteiger partial charge in [0.25, 0.3) is 0 Å². The third-order valence-corrected chi connectivity index (χ3v) is 5.03. The number of carboxylic acid groups (broad SMARTS) is 1. The van der Waals surface area contributed by atoms with Crippen molar-refractivity contribution >= 4 is 17.3 Å². The van der Waals surface area contributed by atoms with E-state index in [0.717, 1.165) is 43.2 Å². The van der Waals surface area contributed by atoms with Gasteiger partial charge in [-0.2, -0.15) is 0 Å². The first-order valence-electron chi connectivity index (χ1n) is 7.07. The molecule has 0 amide bonds. The highest BCUT2D eigenvalue weighted by Gasteiger charge is 2.26. The van der Waals surface area contributed by atoms with Gasteiger partial charge in [-0.05, 0) is 39.3 Å². The number of carbonyl (C=O) groups is 1. The predicted molar refractivity (Wildman–Crippen MR) is 82.6 cm³/mol. The van der Waals surface area contributed by atoms with E-state index in [9.17, 15) is 4.79 Å². The number of hydrogen-bond donors (Lipinski definition) is 1. The molecule has 0 radical (unpaired) electrons. The van der Waals surface area contributed by atoms with Crippen molar-refractivity contribution in [3.05, 3.63) is 21.4 Å². The van der Waals surface area contributed by atoms with Gasteiger partial charge in [0.1, 0.15) is 4.88 Å². The smallest absolute Gasteiger partial charge is 0.345 e. The van der Waals surface area contributed by atoms with Gasteiger partial charge in [-0.1, -0.05) is 0 Å². The van der Waals surface area contributed by atoms with Crippen LogP contribution in [0.25, 0.3) is 0 Å². The molecule has 0 spiro atoms. The first-order valence-corrected chi connectivity index (χ1v) is 7.89. The lowest BCUT2D eigenvalue weighted by atomic mass is 10.0.